The number of esters is 1. The fourth-order valence-electron chi connectivity index (χ4n) is 1.93. The molecule has 2 rings (SSSR count). The third-order valence-corrected chi connectivity index (χ3v) is 2.70. The van der Waals surface area contributed by atoms with Gasteiger partial charge in [-0.15, -0.1) is 0 Å². The van der Waals surface area contributed by atoms with Crippen molar-refractivity contribution in [2.45, 2.75) is 19.4 Å². The maximum atomic E-state index is 11.7. The highest BCUT2D eigenvalue weighted by Gasteiger charge is 2.28. The van der Waals surface area contributed by atoms with Crippen molar-refractivity contribution in [2.75, 3.05) is 0 Å². The Bertz CT molecular complexity index is 529. The van der Waals surface area contributed by atoms with Crippen LogP contribution in [0.3, 0.4) is 0 Å². The molecule has 1 unspecified atom stereocenters. The lowest BCUT2D eigenvalue weighted by atomic mass is 9.97. The fourth-order valence-corrected chi connectivity index (χ4v) is 1.93. The summed E-state index contributed by atoms with van der Waals surface area (Å²) < 4.78 is 5.18. The van der Waals surface area contributed by atoms with E-state index < -0.39 is 5.97 Å². The van der Waals surface area contributed by atoms with Crippen molar-refractivity contribution in [1.29, 1.82) is 0 Å². The maximum absolute atomic E-state index is 11.7. The molecule has 0 saturated heterocycles. The van der Waals surface area contributed by atoms with Crippen LogP contribution in [-0.4, -0.2) is 22.3 Å². The Morgan fingerprint density at radius 2 is 2.11 bits per heavy atom. The van der Waals surface area contributed by atoms with E-state index in [1.807, 2.05) is 19.1 Å². The van der Waals surface area contributed by atoms with E-state index in [0.717, 1.165) is 6.07 Å². The predicted molar refractivity (Wildman–Crippen MR) is 66.6 cm³/mol. The third-order valence-electron chi connectivity index (χ3n) is 2.70. The molecule has 0 aromatic heterocycles. The molecule has 1 aliphatic rings. The van der Waals surface area contributed by atoms with Gasteiger partial charge in [0.25, 0.3) is 0 Å². The van der Waals surface area contributed by atoms with E-state index >= 15 is 0 Å². The average Bonchev–Trinajstić information content (AvgIpc) is 2.27. The monoisotopic (exact) mass is 246 g/mol. The number of aromatic hydroxyl groups is 2. The average molecular weight is 246 g/mol. The predicted octanol–water partition coefficient (Wildman–Crippen LogP) is 2.31. The van der Waals surface area contributed by atoms with Gasteiger partial charge in [0.15, 0.2) is 0 Å². The molecule has 18 heavy (non-hydrogen) atoms. The number of carbonyl (C=O) groups excluding carboxylic acids is 1. The van der Waals surface area contributed by atoms with Crippen LogP contribution in [0, 0.1) is 0 Å². The lowest BCUT2D eigenvalue weighted by molar-refractivity contribution is 0.0353. The van der Waals surface area contributed by atoms with Gasteiger partial charge in [0, 0.05) is 12.5 Å². The van der Waals surface area contributed by atoms with Gasteiger partial charge in [0.05, 0.1) is 0 Å². The van der Waals surface area contributed by atoms with Gasteiger partial charge >= 0.3 is 5.97 Å². The summed E-state index contributed by atoms with van der Waals surface area (Å²) in [7, 11) is 0. The van der Waals surface area contributed by atoms with Gasteiger partial charge in [-0.2, -0.15) is 0 Å². The number of ether oxygens (including phenoxy) is 1. The van der Waals surface area contributed by atoms with E-state index in [4.69, 9.17) is 4.74 Å². The van der Waals surface area contributed by atoms with E-state index in [9.17, 15) is 15.0 Å². The summed E-state index contributed by atoms with van der Waals surface area (Å²) in [4.78, 5) is 11.7. The van der Waals surface area contributed by atoms with Crippen molar-refractivity contribution in [1.82, 2.24) is 0 Å². The Hall–Kier alpha value is -2.23. The molecule has 1 aliphatic heterocycles. The molecule has 1 aromatic carbocycles. The molecule has 1 aromatic rings. The first-order chi connectivity index (χ1) is 8.61. The van der Waals surface area contributed by atoms with Gasteiger partial charge in [0.1, 0.15) is 23.2 Å². The van der Waals surface area contributed by atoms with Gasteiger partial charge in [-0.05, 0) is 24.6 Å². The van der Waals surface area contributed by atoms with Crippen molar-refractivity contribution < 1.29 is 19.7 Å². The zero-order valence-corrected chi connectivity index (χ0v) is 9.96. The second-order valence-electron chi connectivity index (χ2n) is 4.06. The Labute approximate surface area is 105 Å². The summed E-state index contributed by atoms with van der Waals surface area (Å²) in [6.45, 7) is 1.89. The van der Waals surface area contributed by atoms with Crippen molar-refractivity contribution in [3.63, 3.8) is 0 Å². The minimum absolute atomic E-state index is 0.0582. The summed E-state index contributed by atoms with van der Waals surface area (Å²) in [6.07, 6.45) is 7.34. The Morgan fingerprint density at radius 3 is 2.83 bits per heavy atom. The van der Waals surface area contributed by atoms with Crippen LogP contribution >= 0.6 is 0 Å². The SMILES string of the molecule is CC=CC=CC1Cc2cc(O)cc(O)c2C(=O)O1. The molecule has 0 saturated carbocycles. The zero-order valence-electron chi connectivity index (χ0n) is 9.96. The van der Waals surface area contributed by atoms with Gasteiger partial charge in [0.2, 0.25) is 0 Å². The smallest absolute Gasteiger partial charge is 0.342 e. The lowest BCUT2D eigenvalue weighted by Gasteiger charge is -2.23. The molecule has 0 fully saturated rings. The van der Waals surface area contributed by atoms with Crippen LogP contribution in [0.15, 0.2) is 36.4 Å². The Balaban J connectivity index is 2.31. The van der Waals surface area contributed by atoms with Crippen LogP contribution in [0.4, 0.5) is 0 Å². The highest BCUT2D eigenvalue weighted by molar-refractivity contribution is 5.95. The molecule has 1 atom stereocenters. The van der Waals surface area contributed by atoms with Crippen LogP contribution in [0.5, 0.6) is 11.5 Å². The minimum atomic E-state index is -0.566. The molecule has 2 N–H and O–H groups in total. The lowest BCUT2D eigenvalue weighted by Crippen LogP contribution is -2.26. The normalized spacial score (nSPS) is 19.2. The largest absolute Gasteiger partial charge is 0.508 e. The van der Waals surface area contributed by atoms with Crippen LogP contribution in [0.1, 0.15) is 22.8 Å². The fraction of sp³-hybridized carbons (Fsp3) is 0.214. The number of allylic oxidation sites excluding steroid dienone is 3. The number of rotatable bonds is 2. The van der Waals surface area contributed by atoms with Crippen molar-refractivity contribution in [2.24, 2.45) is 0 Å². The van der Waals surface area contributed by atoms with Crippen LogP contribution in [-0.2, 0) is 11.2 Å². The van der Waals surface area contributed by atoms with Gasteiger partial charge in [-0.1, -0.05) is 18.2 Å². The number of fused-ring (bicyclic) bond motifs is 1. The number of phenolic OH excluding ortho intramolecular Hbond substituents is 2. The molecular formula is C14H14O4. The van der Waals surface area contributed by atoms with Crippen LogP contribution < -0.4 is 0 Å². The number of hydrogen-bond donors (Lipinski definition) is 2. The number of cyclic esters (lactones) is 1. The van der Waals surface area contributed by atoms with Crippen molar-refractivity contribution in [3.8, 4) is 11.5 Å². The van der Waals surface area contributed by atoms with Crippen LogP contribution in [0.2, 0.25) is 0 Å². The highest BCUT2D eigenvalue weighted by Crippen LogP contribution is 2.32. The summed E-state index contributed by atoms with van der Waals surface area (Å²) in [5, 5.41) is 19.0. The Morgan fingerprint density at radius 1 is 1.33 bits per heavy atom. The molecular weight excluding hydrogens is 232 g/mol. The summed E-state index contributed by atoms with van der Waals surface area (Å²) in [5.41, 5.74) is 0.738. The molecule has 0 bridgehead atoms. The van der Waals surface area contributed by atoms with Crippen molar-refractivity contribution in [3.05, 3.63) is 47.6 Å². The van der Waals surface area contributed by atoms with Crippen molar-refractivity contribution >= 4 is 5.97 Å². The summed E-state index contributed by atoms with van der Waals surface area (Å²) in [5.74, 6) is -0.869. The number of benzene rings is 1. The van der Waals surface area contributed by atoms with E-state index in [-0.39, 0.29) is 23.2 Å². The van der Waals surface area contributed by atoms with Gasteiger partial charge in [-0.25, -0.2) is 4.79 Å². The van der Waals surface area contributed by atoms with E-state index in [1.165, 1.54) is 6.07 Å². The van der Waals surface area contributed by atoms with Gasteiger partial charge in [-0.3, -0.25) is 0 Å². The molecule has 1 heterocycles. The molecule has 0 radical (unpaired) electrons. The first kappa shape index (κ1) is 12.2. The molecule has 94 valence electrons. The number of carbonyl (C=O) groups is 1. The summed E-state index contributed by atoms with van der Waals surface area (Å²) >= 11 is 0. The topological polar surface area (TPSA) is 66.8 Å². The number of phenols is 2. The molecule has 0 aliphatic carbocycles. The molecule has 4 heteroatoms. The van der Waals surface area contributed by atoms with E-state index in [1.54, 1.807) is 12.2 Å². The molecule has 0 amide bonds. The van der Waals surface area contributed by atoms with Gasteiger partial charge < -0.3 is 14.9 Å². The van der Waals surface area contributed by atoms with E-state index in [0.29, 0.717) is 12.0 Å². The summed E-state index contributed by atoms with van der Waals surface area (Å²) in [6, 6.07) is 2.61. The minimum Gasteiger partial charge on any atom is -0.508 e. The maximum Gasteiger partial charge on any atom is 0.342 e. The standard InChI is InChI=1S/C14H14O4/c1-2-3-4-5-11-7-9-6-10(15)8-12(16)13(9)14(17)18-11/h2-6,8,11,15-16H,7H2,1H3. The molecule has 4 nitrogen and oxygen atoms in total. The Kier molecular flexibility index (Phi) is 3.37. The quantitative estimate of drug-likeness (QED) is 0.620. The zero-order chi connectivity index (χ0) is 13.1. The first-order valence-corrected chi connectivity index (χ1v) is 5.67. The van der Waals surface area contributed by atoms with Crippen LogP contribution in [0.25, 0.3) is 0 Å². The second kappa shape index (κ2) is 4.96. The number of hydrogen-bond acceptors (Lipinski definition) is 4. The second-order valence-corrected chi connectivity index (χ2v) is 4.06. The van der Waals surface area contributed by atoms with E-state index in [2.05, 4.69) is 0 Å². The first-order valence-electron chi connectivity index (χ1n) is 5.67. The molecule has 0 spiro atoms. The highest BCUT2D eigenvalue weighted by atomic mass is 16.5. The third kappa shape index (κ3) is 2.37.